The normalized spacial score (nSPS) is 16.9. The van der Waals surface area contributed by atoms with Crippen molar-refractivity contribution in [1.29, 1.82) is 0 Å². The molecular weight excluding hydrogens is 316 g/mol. The van der Waals surface area contributed by atoms with Crippen LogP contribution in [0.5, 0.6) is 0 Å². The van der Waals surface area contributed by atoms with Crippen LogP contribution in [0.3, 0.4) is 0 Å². The van der Waals surface area contributed by atoms with E-state index in [4.69, 9.17) is 4.74 Å². The molecule has 2 rings (SSSR count). The molecular formula is C16H18N2O4S. The van der Waals surface area contributed by atoms with Gasteiger partial charge in [-0.1, -0.05) is 36.4 Å². The summed E-state index contributed by atoms with van der Waals surface area (Å²) in [4.78, 5) is 11.9. The third-order valence-electron chi connectivity index (χ3n) is 3.20. The van der Waals surface area contributed by atoms with Crippen LogP contribution >= 0.6 is 0 Å². The fourth-order valence-corrected chi connectivity index (χ4v) is 3.16. The summed E-state index contributed by atoms with van der Waals surface area (Å²) in [7, 11) is -3.68. The number of benzene rings is 1. The Balaban J connectivity index is 1.88. The molecule has 1 aliphatic heterocycles. The summed E-state index contributed by atoms with van der Waals surface area (Å²) in [6.45, 7) is 3.30. The molecule has 0 fully saturated rings. The molecule has 1 aromatic carbocycles. The van der Waals surface area contributed by atoms with Crippen molar-refractivity contribution in [2.75, 3.05) is 6.61 Å². The van der Waals surface area contributed by atoms with Gasteiger partial charge < -0.3 is 4.74 Å². The molecule has 1 aliphatic rings. The molecule has 0 atom stereocenters. The molecule has 0 aromatic heterocycles. The lowest BCUT2D eigenvalue weighted by molar-refractivity contribution is -0.141. The summed E-state index contributed by atoms with van der Waals surface area (Å²) >= 11 is 0. The van der Waals surface area contributed by atoms with Crippen molar-refractivity contribution in [3.8, 4) is 0 Å². The Morgan fingerprint density at radius 1 is 1.26 bits per heavy atom. The predicted octanol–water partition coefficient (Wildman–Crippen LogP) is 2.22. The van der Waals surface area contributed by atoms with Gasteiger partial charge in [0.05, 0.1) is 12.1 Å². The second kappa shape index (κ2) is 7.23. The molecule has 0 aliphatic carbocycles. The fraction of sp³-hybridized carbons (Fsp3) is 0.250. The number of nitrogens with zero attached hydrogens (tertiary/aromatic N) is 1. The van der Waals surface area contributed by atoms with Gasteiger partial charge >= 0.3 is 16.2 Å². The molecule has 1 heterocycles. The van der Waals surface area contributed by atoms with Gasteiger partial charge in [-0.05, 0) is 25.5 Å². The van der Waals surface area contributed by atoms with Crippen LogP contribution in [0.25, 0.3) is 6.08 Å². The minimum absolute atomic E-state index is 0.0249. The third kappa shape index (κ3) is 5.07. The molecule has 23 heavy (non-hydrogen) atoms. The highest BCUT2D eigenvalue weighted by atomic mass is 32.2. The number of carbonyl (C=O) groups excluding carboxylic acids is 1. The second-order valence-electron chi connectivity index (χ2n) is 5.03. The van der Waals surface area contributed by atoms with E-state index in [1.54, 1.807) is 19.9 Å². The highest BCUT2D eigenvalue weighted by molar-refractivity contribution is 7.88. The van der Waals surface area contributed by atoms with E-state index in [9.17, 15) is 13.2 Å². The van der Waals surface area contributed by atoms with Gasteiger partial charge in [0.2, 0.25) is 0 Å². The van der Waals surface area contributed by atoms with Gasteiger partial charge in [-0.25, -0.2) is 0 Å². The van der Waals surface area contributed by atoms with Crippen LogP contribution in [0, 0.1) is 0 Å². The van der Waals surface area contributed by atoms with Crippen molar-refractivity contribution in [2.24, 2.45) is 4.40 Å². The van der Waals surface area contributed by atoms with Gasteiger partial charge in [-0.3, -0.25) is 9.52 Å². The van der Waals surface area contributed by atoms with Crippen LogP contribution in [-0.2, 0) is 19.7 Å². The lowest BCUT2D eigenvalue weighted by Gasteiger charge is -2.17. The van der Waals surface area contributed by atoms with E-state index >= 15 is 0 Å². The van der Waals surface area contributed by atoms with Crippen LogP contribution in [0.15, 0.2) is 52.1 Å². The van der Waals surface area contributed by atoms with Gasteiger partial charge in [0.15, 0.2) is 0 Å². The predicted molar refractivity (Wildman–Crippen MR) is 88.9 cm³/mol. The van der Waals surface area contributed by atoms with Crippen molar-refractivity contribution >= 4 is 28.0 Å². The zero-order valence-electron chi connectivity index (χ0n) is 12.9. The number of hydrogen-bond acceptors (Lipinski definition) is 4. The first-order valence-corrected chi connectivity index (χ1v) is 8.48. The van der Waals surface area contributed by atoms with Gasteiger partial charge in [0, 0.05) is 11.3 Å². The SMILES string of the molecule is CC1=NS(=O)(=O)NC(C)=C1CC(=O)OC/C=C/c1ccccc1. The Morgan fingerprint density at radius 3 is 2.61 bits per heavy atom. The molecule has 7 heteroatoms. The lowest BCUT2D eigenvalue weighted by atomic mass is 10.1. The van der Waals surface area contributed by atoms with Crippen LogP contribution < -0.4 is 4.72 Å². The Hall–Kier alpha value is -2.41. The lowest BCUT2D eigenvalue weighted by Crippen LogP contribution is -2.28. The number of ether oxygens (including phenoxy) is 1. The van der Waals surface area contributed by atoms with Crippen molar-refractivity contribution in [1.82, 2.24) is 4.72 Å². The van der Waals surface area contributed by atoms with E-state index in [-0.39, 0.29) is 13.0 Å². The van der Waals surface area contributed by atoms with Gasteiger partial charge in [-0.15, -0.1) is 4.40 Å². The number of nitrogens with one attached hydrogen (secondary N) is 1. The highest BCUT2D eigenvalue weighted by Gasteiger charge is 2.22. The summed E-state index contributed by atoms with van der Waals surface area (Å²) in [6.07, 6.45) is 3.58. The summed E-state index contributed by atoms with van der Waals surface area (Å²) in [5.41, 5.74) is 2.26. The van der Waals surface area contributed by atoms with Crippen molar-refractivity contribution in [3.63, 3.8) is 0 Å². The minimum Gasteiger partial charge on any atom is -0.461 e. The second-order valence-corrected chi connectivity index (χ2v) is 6.37. The van der Waals surface area contributed by atoms with E-state index in [1.807, 2.05) is 36.4 Å². The molecule has 6 nitrogen and oxygen atoms in total. The summed E-state index contributed by atoms with van der Waals surface area (Å²) < 4.78 is 33.7. The number of esters is 1. The average molecular weight is 334 g/mol. The average Bonchev–Trinajstić information content (AvgIpc) is 2.48. The number of rotatable bonds is 5. The summed E-state index contributed by atoms with van der Waals surface area (Å²) in [5.74, 6) is -0.437. The molecule has 0 spiro atoms. The van der Waals surface area contributed by atoms with Crippen molar-refractivity contribution in [2.45, 2.75) is 20.3 Å². The zero-order valence-corrected chi connectivity index (χ0v) is 13.8. The Bertz CT molecular complexity index is 778. The van der Waals surface area contributed by atoms with E-state index in [0.717, 1.165) is 5.56 Å². The molecule has 0 amide bonds. The maximum atomic E-state index is 11.9. The van der Waals surface area contributed by atoms with Crippen LogP contribution in [-0.4, -0.2) is 26.7 Å². The van der Waals surface area contributed by atoms with Crippen LogP contribution in [0.1, 0.15) is 25.8 Å². The molecule has 0 bridgehead atoms. The van der Waals surface area contributed by atoms with Crippen LogP contribution in [0.4, 0.5) is 0 Å². The summed E-state index contributed by atoms with van der Waals surface area (Å²) in [5, 5.41) is 0. The van der Waals surface area contributed by atoms with E-state index < -0.39 is 16.2 Å². The Morgan fingerprint density at radius 2 is 1.96 bits per heavy atom. The largest absolute Gasteiger partial charge is 0.461 e. The van der Waals surface area contributed by atoms with E-state index in [1.165, 1.54) is 0 Å². The molecule has 1 aromatic rings. The smallest absolute Gasteiger partial charge is 0.342 e. The first kappa shape index (κ1) is 17.0. The highest BCUT2D eigenvalue weighted by Crippen LogP contribution is 2.17. The topological polar surface area (TPSA) is 84.8 Å². The quantitative estimate of drug-likeness (QED) is 0.837. The zero-order chi connectivity index (χ0) is 16.9. The van der Waals surface area contributed by atoms with E-state index in [0.29, 0.717) is 17.0 Å². The Kier molecular flexibility index (Phi) is 5.33. The molecule has 1 N–H and O–H groups in total. The number of hydrogen-bond donors (Lipinski definition) is 1. The molecule has 0 unspecified atom stereocenters. The van der Waals surface area contributed by atoms with Gasteiger partial charge in [0.25, 0.3) is 0 Å². The molecule has 0 radical (unpaired) electrons. The third-order valence-corrected chi connectivity index (χ3v) is 4.28. The van der Waals surface area contributed by atoms with Crippen LogP contribution in [0.2, 0.25) is 0 Å². The summed E-state index contributed by atoms with van der Waals surface area (Å²) in [6, 6.07) is 9.66. The van der Waals surface area contributed by atoms with E-state index in [2.05, 4.69) is 9.12 Å². The van der Waals surface area contributed by atoms with Crippen molar-refractivity contribution in [3.05, 3.63) is 53.2 Å². The van der Waals surface area contributed by atoms with Gasteiger partial charge in [-0.2, -0.15) is 8.42 Å². The Labute approximate surface area is 135 Å². The molecule has 0 saturated carbocycles. The standard InChI is InChI=1S/C16H18N2O4S/c1-12-15(13(2)18-23(20,21)17-12)11-16(19)22-10-6-9-14-7-4-3-5-8-14/h3-9,17H,10-11H2,1-2H3/b9-6+. The first-order chi connectivity index (χ1) is 10.9. The monoisotopic (exact) mass is 334 g/mol. The van der Waals surface area contributed by atoms with Gasteiger partial charge in [0.1, 0.15) is 6.61 Å². The maximum Gasteiger partial charge on any atom is 0.342 e. The number of carbonyl (C=O) groups is 1. The molecule has 122 valence electrons. The molecule has 0 saturated heterocycles. The first-order valence-electron chi connectivity index (χ1n) is 7.04. The maximum absolute atomic E-state index is 11.9. The fourth-order valence-electron chi connectivity index (χ4n) is 2.13. The minimum atomic E-state index is -3.68. The number of allylic oxidation sites excluding steroid dienone is 1. The van der Waals surface area contributed by atoms with Crippen molar-refractivity contribution < 1.29 is 17.9 Å².